The van der Waals surface area contributed by atoms with Gasteiger partial charge in [-0.25, -0.2) is 4.68 Å². The van der Waals surface area contributed by atoms with Crippen molar-refractivity contribution < 1.29 is 0 Å². The first-order valence-electron chi connectivity index (χ1n) is 6.94. The van der Waals surface area contributed by atoms with Gasteiger partial charge in [0.05, 0.1) is 23.6 Å². The topological polar surface area (TPSA) is 42.7 Å². The van der Waals surface area contributed by atoms with Crippen LogP contribution >= 0.6 is 0 Å². The van der Waals surface area contributed by atoms with Gasteiger partial charge in [-0.3, -0.25) is 0 Å². The highest BCUT2D eigenvalue weighted by atomic mass is 15.4. The summed E-state index contributed by atoms with van der Waals surface area (Å²) in [6, 6.07) is 10.5. The summed E-state index contributed by atoms with van der Waals surface area (Å²) < 4.78 is 1.96. The molecule has 0 radical (unpaired) electrons. The molecule has 1 saturated carbocycles. The van der Waals surface area contributed by atoms with Crippen LogP contribution in [0.25, 0.3) is 5.69 Å². The van der Waals surface area contributed by atoms with E-state index in [0.29, 0.717) is 11.5 Å². The molecule has 3 rings (SSSR count). The summed E-state index contributed by atoms with van der Waals surface area (Å²) in [5.41, 5.74) is 2.58. The Kier molecular flexibility index (Phi) is 3.11. The van der Waals surface area contributed by atoms with Crippen molar-refractivity contribution in [3.05, 3.63) is 42.2 Å². The molecule has 1 atom stereocenters. The zero-order chi connectivity index (χ0) is 13.3. The number of hydrogen-bond donors (Lipinski definition) is 1. The second-order valence-corrected chi connectivity index (χ2v) is 5.55. The lowest BCUT2D eigenvalue weighted by molar-refractivity contribution is 0.359. The van der Waals surface area contributed by atoms with Crippen LogP contribution in [0.1, 0.15) is 38.4 Å². The van der Waals surface area contributed by atoms with Crippen LogP contribution in [0.2, 0.25) is 0 Å². The van der Waals surface area contributed by atoms with E-state index >= 15 is 0 Å². The molecule has 100 valence electrons. The van der Waals surface area contributed by atoms with E-state index in [1.807, 2.05) is 29.1 Å². The summed E-state index contributed by atoms with van der Waals surface area (Å²) in [7, 11) is 0. The largest absolute Gasteiger partial charge is 0.308 e. The van der Waals surface area contributed by atoms with Crippen LogP contribution in [0.5, 0.6) is 0 Å². The summed E-state index contributed by atoms with van der Waals surface area (Å²) in [6.07, 6.45) is 4.43. The lowest BCUT2D eigenvalue weighted by Crippen LogP contribution is -2.29. The summed E-state index contributed by atoms with van der Waals surface area (Å²) in [5.74, 6) is 0. The molecule has 0 bridgehead atoms. The fraction of sp³-hybridized carbons (Fsp3) is 0.467. The molecule has 19 heavy (non-hydrogen) atoms. The quantitative estimate of drug-likeness (QED) is 0.894. The van der Waals surface area contributed by atoms with Crippen molar-refractivity contribution in [3.63, 3.8) is 0 Å². The van der Waals surface area contributed by atoms with Crippen molar-refractivity contribution >= 4 is 0 Å². The molecule has 0 spiro atoms. The predicted molar refractivity (Wildman–Crippen MR) is 75.1 cm³/mol. The number of benzene rings is 1. The van der Waals surface area contributed by atoms with Gasteiger partial charge in [0.25, 0.3) is 0 Å². The van der Waals surface area contributed by atoms with E-state index in [-0.39, 0.29) is 0 Å². The monoisotopic (exact) mass is 256 g/mol. The van der Waals surface area contributed by atoms with Crippen LogP contribution in [0.4, 0.5) is 0 Å². The van der Waals surface area contributed by atoms with E-state index in [1.54, 1.807) is 0 Å². The van der Waals surface area contributed by atoms with Crippen LogP contribution < -0.4 is 5.32 Å². The summed E-state index contributed by atoms with van der Waals surface area (Å²) in [6.45, 7) is 5.44. The molecule has 1 N–H and O–H groups in total. The molecule has 0 saturated heterocycles. The molecule has 0 amide bonds. The Balaban J connectivity index is 1.99. The first kappa shape index (κ1) is 12.4. The maximum atomic E-state index is 4.26. The average Bonchev–Trinajstić information content (AvgIpc) is 3.01. The fourth-order valence-corrected chi connectivity index (χ4v) is 2.61. The third-order valence-electron chi connectivity index (χ3n) is 4.02. The lowest BCUT2D eigenvalue weighted by atomic mass is 9.96. The smallest absolute Gasteiger partial charge is 0.0820 e. The maximum absolute atomic E-state index is 4.26. The van der Waals surface area contributed by atoms with Gasteiger partial charge in [0.1, 0.15) is 0 Å². The Hall–Kier alpha value is -1.68. The minimum atomic E-state index is 0.327. The molecule has 1 unspecified atom stereocenters. The van der Waals surface area contributed by atoms with E-state index < -0.39 is 0 Å². The number of nitrogens with zero attached hydrogens (tertiary/aromatic N) is 3. The number of nitrogens with one attached hydrogen (secondary N) is 1. The van der Waals surface area contributed by atoms with Crippen molar-refractivity contribution in [3.8, 4) is 5.69 Å². The van der Waals surface area contributed by atoms with Crippen LogP contribution in [0.3, 0.4) is 0 Å². The zero-order valence-corrected chi connectivity index (χ0v) is 11.5. The van der Waals surface area contributed by atoms with E-state index in [0.717, 1.165) is 17.9 Å². The molecule has 1 aromatic heterocycles. The van der Waals surface area contributed by atoms with Gasteiger partial charge in [0.2, 0.25) is 0 Å². The average molecular weight is 256 g/mol. The standard InChI is InChI=1S/C15H20N4/c1-3-16-14(15(2)9-10-15)13-11-17-18-19(13)12-7-5-4-6-8-12/h4-8,11,14,16H,3,9-10H2,1-2H3. The minimum absolute atomic E-state index is 0.327. The summed E-state index contributed by atoms with van der Waals surface area (Å²) >= 11 is 0. The minimum Gasteiger partial charge on any atom is -0.308 e. The highest BCUT2D eigenvalue weighted by Crippen LogP contribution is 2.54. The fourth-order valence-electron chi connectivity index (χ4n) is 2.61. The van der Waals surface area contributed by atoms with Crippen LogP contribution in [0, 0.1) is 5.41 Å². The molecule has 1 fully saturated rings. The Labute approximate surface area is 113 Å². The van der Waals surface area contributed by atoms with Crippen molar-refractivity contribution in [1.82, 2.24) is 20.3 Å². The van der Waals surface area contributed by atoms with E-state index in [2.05, 4.69) is 41.6 Å². The molecule has 0 aliphatic heterocycles. The van der Waals surface area contributed by atoms with Crippen LogP contribution in [-0.2, 0) is 0 Å². The Morgan fingerprint density at radius 3 is 2.68 bits per heavy atom. The van der Waals surface area contributed by atoms with E-state index in [4.69, 9.17) is 0 Å². The first-order valence-corrected chi connectivity index (χ1v) is 6.94. The Bertz CT molecular complexity index is 542. The number of aromatic nitrogens is 3. The second-order valence-electron chi connectivity index (χ2n) is 5.55. The normalized spacial score (nSPS) is 18.2. The molecule has 1 heterocycles. The first-order chi connectivity index (χ1) is 9.24. The molecule has 4 heteroatoms. The molecular formula is C15H20N4. The van der Waals surface area contributed by atoms with Gasteiger partial charge >= 0.3 is 0 Å². The van der Waals surface area contributed by atoms with Crippen LogP contribution in [0.15, 0.2) is 36.5 Å². The van der Waals surface area contributed by atoms with E-state index in [9.17, 15) is 0 Å². The number of rotatable bonds is 5. The third-order valence-corrected chi connectivity index (χ3v) is 4.02. The highest BCUT2D eigenvalue weighted by Gasteiger charge is 2.46. The van der Waals surface area contributed by atoms with Gasteiger partial charge in [-0.1, -0.05) is 37.3 Å². The van der Waals surface area contributed by atoms with Gasteiger partial charge in [-0.05, 0) is 36.9 Å². The molecule has 2 aromatic rings. The molecule has 1 aliphatic carbocycles. The second kappa shape index (κ2) is 4.78. The number of para-hydroxylation sites is 1. The van der Waals surface area contributed by atoms with Crippen molar-refractivity contribution in [2.45, 2.75) is 32.7 Å². The van der Waals surface area contributed by atoms with Gasteiger partial charge in [0, 0.05) is 0 Å². The van der Waals surface area contributed by atoms with Crippen molar-refractivity contribution in [2.75, 3.05) is 6.54 Å². The Morgan fingerprint density at radius 2 is 2.05 bits per heavy atom. The third kappa shape index (κ3) is 2.28. The maximum Gasteiger partial charge on any atom is 0.0820 e. The van der Waals surface area contributed by atoms with Crippen molar-refractivity contribution in [2.24, 2.45) is 5.41 Å². The van der Waals surface area contributed by atoms with Crippen LogP contribution in [-0.4, -0.2) is 21.5 Å². The molecule has 1 aromatic carbocycles. The van der Waals surface area contributed by atoms with E-state index in [1.165, 1.54) is 12.8 Å². The van der Waals surface area contributed by atoms with Gasteiger partial charge in [0.15, 0.2) is 0 Å². The summed E-state index contributed by atoms with van der Waals surface area (Å²) in [4.78, 5) is 0. The summed E-state index contributed by atoms with van der Waals surface area (Å²) in [5, 5.41) is 12.0. The lowest BCUT2D eigenvalue weighted by Gasteiger charge is -2.24. The Morgan fingerprint density at radius 1 is 1.32 bits per heavy atom. The molecular weight excluding hydrogens is 236 g/mol. The predicted octanol–water partition coefficient (Wildman–Crippen LogP) is 2.72. The van der Waals surface area contributed by atoms with Gasteiger partial charge in [-0.2, -0.15) is 0 Å². The highest BCUT2D eigenvalue weighted by molar-refractivity contribution is 5.33. The van der Waals surface area contributed by atoms with Crippen molar-refractivity contribution in [1.29, 1.82) is 0 Å². The SMILES string of the molecule is CCNC(c1cnnn1-c1ccccc1)C1(C)CC1. The molecule has 4 nitrogen and oxygen atoms in total. The number of hydrogen-bond acceptors (Lipinski definition) is 3. The van der Waals surface area contributed by atoms with Gasteiger partial charge < -0.3 is 5.32 Å². The van der Waals surface area contributed by atoms with Gasteiger partial charge in [-0.15, -0.1) is 5.10 Å². The molecule has 1 aliphatic rings. The zero-order valence-electron chi connectivity index (χ0n) is 11.5.